The zero-order valence-electron chi connectivity index (χ0n) is 47.7. The van der Waals surface area contributed by atoms with E-state index < -0.39 is 121 Å². The summed E-state index contributed by atoms with van der Waals surface area (Å²) in [6, 6.07) is 15.7. The van der Waals surface area contributed by atoms with Gasteiger partial charge in [0.05, 0.1) is 54.2 Å². The van der Waals surface area contributed by atoms with Crippen molar-refractivity contribution in [3.8, 4) is 0 Å². The zero-order valence-corrected chi connectivity index (χ0v) is 49.2. The first-order chi connectivity index (χ1) is 41.2. The number of aromatic nitrogens is 2. The minimum Gasteiger partial charge on any atom is -0.447 e. The minimum atomic E-state index is -1.10. The molecular formula is C57H66Cl2F4N12O12. The number of nitrogens with zero attached hydrogens (tertiary/aromatic N) is 4. The maximum Gasteiger partial charge on any atom is 0.412 e. The SMILES string of the molecule is CC(=O)N(NCc1cccc(F)c1Cl)C(COC(=O)Nc1cc2cc(F)ccc2cn1)CC(=O)NC[C@H](CO)NC(=O)OC(C)(C)C.CC(=O)N(NCc1cccc(F)c1Cl)[C@H](COC(=O)Nc1cc2cc(F)ccc2cn1)CC(=O)NC[C@@H](N)CO. The summed E-state index contributed by atoms with van der Waals surface area (Å²) in [6.45, 7) is 5.23. The molecule has 2 heterocycles. The van der Waals surface area contributed by atoms with Crippen LogP contribution in [0.2, 0.25) is 10.0 Å². The molecule has 7 amide bonds. The van der Waals surface area contributed by atoms with Crippen molar-refractivity contribution in [1.82, 2.24) is 46.8 Å². The van der Waals surface area contributed by atoms with E-state index in [1.54, 1.807) is 32.9 Å². The second-order valence-corrected chi connectivity index (χ2v) is 21.0. The van der Waals surface area contributed by atoms with Crippen molar-refractivity contribution in [1.29, 1.82) is 0 Å². The van der Waals surface area contributed by atoms with Gasteiger partial charge in [-0.05, 0) is 103 Å². The number of amides is 7. The highest BCUT2D eigenvalue weighted by Crippen LogP contribution is 2.23. The lowest BCUT2D eigenvalue weighted by Gasteiger charge is -2.31. The summed E-state index contributed by atoms with van der Waals surface area (Å²) in [5, 5.41) is 35.3. The van der Waals surface area contributed by atoms with E-state index in [0.29, 0.717) is 32.7 Å². The van der Waals surface area contributed by atoms with E-state index in [-0.39, 0.29) is 60.9 Å². The molecular weight excluding hydrogens is 1190 g/mol. The van der Waals surface area contributed by atoms with Gasteiger partial charge >= 0.3 is 18.3 Å². The number of pyridine rings is 2. The lowest BCUT2D eigenvalue weighted by Crippen LogP contribution is -2.53. The number of halogens is 6. The number of carbonyl (C=O) groups excluding carboxylic acids is 7. The number of anilines is 2. The molecule has 0 radical (unpaired) electrons. The number of hydrazine groups is 2. The topological polar surface area (TPSA) is 330 Å². The molecule has 24 nitrogen and oxygen atoms in total. The lowest BCUT2D eigenvalue weighted by atomic mass is 10.1. The summed E-state index contributed by atoms with van der Waals surface area (Å²) in [5.74, 6) is -4.33. The fourth-order valence-electron chi connectivity index (χ4n) is 7.89. The molecule has 0 saturated carbocycles. The van der Waals surface area contributed by atoms with E-state index in [4.69, 9.17) is 48.3 Å². The van der Waals surface area contributed by atoms with Crippen LogP contribution in [-0.2, 0) is 46.5 Å². The van der Waals surface area contributed by atoms with Crippen LogP contribution in [0.15, 0.2) is 97.3 Å². The number of fused-ring (bicyclic) bond motifs is 2. The highest BCUT2D eigenvalue weighted by Gasteiger charge is 2.29. The summed E-state index contributed by atoms with van der Waals surface area (Å²) in [6.07, 6.45) is -0.541. The predicted molar refractivity (Wildman–Crippen MR) is 313 cm³/mol. The summed E-state index contributed by atoms with van der Waals surface area (Å²) in [7, 11) is 0. The van der Waals surface area contributed by atoms with Gasteiger partial charge in [0.15, 0.2) is 0 Å². The van der Waals surface area contributed by atoms with Crippen LogP contribution in [0.3, 0.4) is 0 Å². The first-order valence-corrected chi connectivity index (χ1v) is 27.4. The monoisotopic (exact) mass is 1260 g/mol. The number of aliphatic hydroxyl groups excluding tert-OH is 2. The van der Waals surface area contributed by atoms with Crippen LogP contribution in [0.5, 0.6) is 0 Å². The number of hydrogen-bond donors (Lipinski definition) is 10. The molecule has 0 bridgehead atoms. The van der Waals surface area contributed by atoms with E-state index >= 15 is 0 Å². The molecule has 0 aliphatic carbocycles. The van der Waals surface area contributed by atoms with Gasteiger partial charge in [0.1, 0.15) is 53.7 Å². The van der Waals surface area contributed by atoms with E-state index in [0.717, 1.165) is 10.0 Å². The van der Waals surface area contributed by atoms with E-state index in [2.05, 4.69) is 47.4 Å². The van der Waals surface area contributed by atoms with Gasteiger partial charge < -0.3 is 46.1 Å². The fraction of sp³-hybridized carbons (Fsp3) is 0.351. The van der Waals surface area contributed by atoms with Gasteiger partial charge in [-0.25, -0.2) is 52.8 Å². The Labute approximate surface area is 506 Å². The minimum absolute atomic E-state index is 0.0238. The van der Waals surface area contributed by atoms with Crippen molar-refractivity contribution in [3.05, 3.63) is 142 Å². The highest BCUT2D eigenvalue weighted by atomic mass is 35.5. The number of rotatable bonds is 25. The first-order valence-electron chi connectivity index (χ1n) is 26.6. The molecule has 11 N–H and O–H groups in total. The number of aliphatic hydroxyl groups is 2. The molecule has 87 heavy (non-hydrogen) atoms. The normalized spacial score (nSPS) is 12.5. The molecule has 0 aliphatic rings. The zero-order chi connectivity index (χ0) is 64.0. The Morgan fingerprint density at radius 2 is 1.05 bits per heavy atom. The van der Waals surface area contributed by atoms with Crippen molar-refractivity contribution in [3.63, 3.8) is 0 Å². The molecule has 6 rings (SSSR count). The highest BCUT2D eigenvalue weighted by molar-refractivity contribution is 6.31. The molecule has 2 aromatic heterocycles. The molecule has 1 unspecified atom stereocenters. The molecule has 4 aromatic carbocycles. The average molecular weight is 1260 g/mol. The van der Waals surface area contributed by atoms with Crippen molar-refractivity contribution in [2.45, 2.75) is 90.3 Å². The largest absolute Gasteiger partial charge is 0.447 e. The molecule has 0 spiro atoms. The molecule has 0 saturated heterocycles. The van der Waals surface area contributed by atoms with Crippen molar-refractivity contribution in [2.75, 3.05) is 50.2 Å². The van der Waals surface area contributed by atoms with Crippen LogP contribution in [0, 0.1) is 23.3 Å². The van der Waals surface area contributed by atoms with E-state index in [1.165, 1.54) is 99.0 Å². The summed E-state index contributed by atoms with van der Waals surface area (Å²) < 4.78 is 70.9. The van der Waals surface area contributed by atoms with Gasteiger partial charge in [0, 0.05) is 69.2 Å². The third kappa shape index (κ3) is 23.0. The molecule has 0 fully saturated rings. The Kier molecular flexibility index (Phi) is 26.6. The summed E-state index contributed by atoms with van der Waals surface area (Å²) >= 11 is 12.1. The van der Waals surface area contributed by atoms with Gasteiger partial charge in [-0.2, -0.15) is 0 Å². The lowest BCUT2D eigenvalue weighted by molar-refractivity contribution is -0.139. The Balaban J connectivity index is 0.000000321. The number of benzene rings is 4. The van der Waals surface area contributed by atoms with Gasteiger partial charge in [-0.15, -0.1) is 0 Å². The van der Waals surface area contributed by atoms with Crippen molar-refractivity contribution in [2.24, 2.45) is 5.73 Å². The van der Waals surface area contributed by atoms with Crippen LogP contribution >= 0.6 is 23.2 Å². The number of alkyl carbamates (subject to hydrolysis) is 1. The van der Waals surface area contributed by atoms with Gasteiger partial charge in [0.25, 0.3) is 0 Å². The maximum atomic E-state index is 14.0. The average Bonchev–Trinajstić information content (AvgIpc) is 2.85. The molecule has 0 aliphatic heterocycles. The number of nitrogens with two attached hydrogens (primary N) is 1. The molecule has 30 heteroatoms. The fourth-order valence-corrected chi connectivity index (χ4v) is 8.28. The van der Waals surface area contributed by atoms with Crippen molar-refractivity contribution < 1.29 is 75.5 Å². The summed E-state index contributed by atoms with van der Waals surface area (Å²) in [5.41, 5.74) is 11.1. The second kappa shape index (κ2) is 33.4. The Morgan fingerprint density at radius 3 is 1.45 bits per heavy atom. The third-order valence-electron chi connectivity index (χ3n) is 12.1. The van der Waals surface area contributed by atoms with Gasteiger partial charge in [-0.3, -0.25) is 39.8 Å². The van der Waals surface area contributed by atoms with Crippen LogP contribution in [0.4, 0.5) is 43.6 Å². The Bertz CT molecular complexity index is 3390. The number of hydrogen-bond acceptors (Lipinski definition) is 17. The van der Waals surface area contributed by atoms with Gasteiger partial charge in [-0.1, -0.05) is 47.5 Å². The van der Waals surface area contributed by atoms with Crippen LogP contribution in [0.25, 0.3) is 21.5 Å². The molecule has 468 valence electrons. The van der Waals surface area contributed by atoms with Crippen LogP contribution in [-0.4, -0.2) is 141 Å². The number of ether oxygens (including phenoxy) is 3. The van der Waals surface area contributed by atoms with Crippen LogP contribution < -0.4 is 43.2 Å². The van der Waals surface area contributed by atoms with Crippen LogP contribution in [0.1, 0.15) is 58.6 Å². The first kappa shape index (κ1) is 69.3. The Hall–Kier alpha value is -8.51. The number of carbonyl (C=O) groups is 7. The predicted octanol–water partition coefficient (Wildman–Crippen LogP) is 6.49. The van der Waals surface area contributed by atoms with E-state index in [9.17, 15) is 56.2 Å². The smallest absolute Gasteiger partial charge is 0.412 e. The quantitative estimate of drug-likeness (QED) is 0.0166. The second-order valence-electron chi connectivity index (χ2n) is 20.2. The van der Waals surface area contributed by atoms with Crippen molar-refractivity contribution >= 4 is 98.3 Å². The van der Waals surface area contributed by atoms with E-state index in [1.807, 2.05) is 0 Å². The molecule has 6 aromatic rings. The molecule has 4 atom stereocenters. The third-order valence-corrected chi connectivity index (χ3v) is 13.0. The summed E-state index contributed by atoms with van der Waals surface area (Å²) in [4.78, 5) is 96.3. The Morgan fingerprint density at radius 1 is 0.609 bits per heavy atom. The number of nitrogens with one attached hydrogen (secondary N) is 7. The maximum absolute atomic E-state index is 14.0. The van der Waals surface area contributed by atoms with Gasteiger partial charge in [0.2, 0.25) is 23.6 Å². The standard InChI is InChI=1S/C31H37ClF2N6O7.C26H29ClF2N6O5/c1-18(42)40(37-14-20-6-5-7-25(34)28(20)32)24(12-27(43)36-15-23(16-41)38-30(45)47-31(2,3)4)17-46-29(44)39-26-11-21-10-22(33)9-8-19(21)13-35-26;1-15(37)35(33-11-17-3-2-4-22(29)25(17)27)21(9-24(38)32-12-20(30)13-36)14-40-26(39)34-23-8-18-7-19(28)6-5-16(18)10-31-23/h5-11,13,23-24,37,41H,12,14-17H2,1-4H3,(H,36,43)(H,38,45)(H,35,39,44);2-8,10,20-21,33,36H,9,11-14,30H2,1H3,(H,32,38)(H,31,34,39)/t23-,24?;20-,21+/m11/s1.